The van der Waals surface area contributed by atoms with E-state index in [9.17, 15) is 0 Å². The molecule has 1 unspecified atom stereocenters. The Bertz CT molecular complexity index is 168. The molecule has 1 aliphatic rings. The molecule has 0 saturated carbocycles. The van der Waals surface area contributed by atoms with Gasteiger partial charge in [0, 0.05) is 6.61 Å². The van der Waals surface area contributed by atoms with Gasteiger partial charge in [-0.25, -0.2) is 0 Å². The Hall–Kier alpha value is -0.540. The summed E-state index contributed by atoms with van der Waals surface area (Å²) in [6.45, 7) is 4.38. The van der Waals surface area contributed by atoms with E-state index in [4.69, 9.17) is 9.47 Å². The van der Waals surface area contributed by atoms with Crippen LogP contribution in [0.1, 0.15) is 19.8 Å². The van der Waals surface area contributed by atoms with Crippen molar-refractivity contribution in [2.24, 2.45) is 0 Å². The highest BCUT2D eigenvalue weighted by molar-refractivity contribution is 5.09. The minimum absolute atomic E-state index is 0.320. The molecule has 0 aromatic rings. The third-order valence-corrected chi connectivity index (χ3v) is 2.25. The van der Waals surface area contributed by atoms with Crippen molar-refractivity contribution < 1.29 is 9.47 Å². The molecule has 3 nitrogen and oxygen atoms in total. The Kier molecular flexibility index (Phi) is 4.86. The summed E-state index contributed by atoms with van der Waals surface area (Å²) in [5.41, 5.74) is 1.32. The predicted octanol–water partition coefficient (Wildman–Crippen LogP) is 1.31. The van der Waals surface area contributed by atoms with E-state index in [2.05, 4.69) is 5.32 Å². The first-order chi connectivity index (χ1) is 6.38. The maximum atomic E-state index is 5.38. The lowest BCUT2D eigenvalue weighted by Gasteiger charge is -2.22. The second kappa shape index (κ2) is 6.00. The van der Waals surface area contributed by atoms with Gasteiger partial charge in [0.1, 0.15) is 0 Å². The molecular formula is C10H19NO2. The van der Waals surface area contributed by atoms with Crippen LogP contribution >= 0.6 is 0 Å². The van der Waals surface area contributed by atoms with Crippen LogP contribution in [0.15, 0.2) is 11.8 Å². The first-order valence-corrected chi connectivity index (χ1v) is 4.94. The number of rotatable bonds is 5. The summed E-state index contributed by atoms with van der Waals surface area (Å²) in [6.07, 6.45) is 4.12. The third kappa shape index (κ3) is 3.36. The minimum Gasteiger partial charge on any atom is -0.501 e. The molecular weight excluding hydrogens is 166 g/mol. The maximum Gasteiger partial charge on any atom is 0.0876 e. The molecule has 76 valence electrons. The van der Waals surface area contributed by atoms with E-state index < -0.39 is 0 Å². The summed E-state index contributed by atoms with van der Waals surface area (Å²) >= 11 is 0. The summed E-state index contributed by atoms with van der Waals surface area (Å²) < 4.78 is 10.7. The summed E-state index contributed by atoms with van der Waals surface area (Å²) in [4.78, 5) is 0. The van der Waals surface area contributed by atoms with Crippen molar-refractivity contribution in [3.63, 3.8) is 0 Å². The van der Waals surface area contributed by atoms with Gasteiger partial charge in [-0.3, -0.25) is 0 Å². The molecule has 1 aliphatic heterocycles. The molecule has 1 heterocycles. The monoisotopic (exact) mass is 185 g/mol. The molecule has 0 aliphatic carbocycles. The summed E-state index contributed by atoms with van der Waals surface area (Å²) in [5, 5.41) is 3.23. The Morgan fingerprint density at radius 1 is 1.69 bits per heavy atom. The zero-order valence-corrected chi connectivity index (χ0v) is 8.51. The number of likely N-dealkylation sites (N-methyl/N-ethyl adjacent to an activating group) is 1. The Morgan fingerprint density at radius 3 is 3.08 bits per heavy atom. The number of hydrogen-bond donors (Lipinski definition) is 1. The van der Waals surface area contributed by atoms with Crippen LogP contribution in [-0.2, 0) is 9.47 Å². The standard InChI is InChI=1S/C10H19NO2/c1-3-12-8-10(11-2)9-5-4-6-13-7-9/h7,10-11H,3-6,8H2,1-2H3. The molecule has 0 amide bonds. The first kappa shape index (κ1) is 10.5. The van der Waals surface area contributed by atoms with E-state index in [1.165, 1.54) is 5.57 Å². The number of nitrogens with one attached hydrogen (secondary N) is 1. The van der Waals surface area contributed by atoms with E-state index in [-0.39, 0.29) is 0 Å². The van der Waals surface area contributed by atoms with Gasteiger partial charge in [0.25, 0.3) is 0 Å². The van der Waals surface area contributed by atoms with Gasteiger partial charge in [0.15, 0.2) is 0 Å². The fourth-order valence-electron chi connectivity index (χ4n) is 1.45. The van der Waals surface area contributed by atoms with E-state index >= 15 is 0 Å². The lowest BCUT2D eigenvalue weighted by Crippen LogP contribution is -2.33. The lowest BCUT2D eigenvalue weighted by atomic mass is 10.0. The van der Waals surface area contributed by atoms with Crippen LogP contribution in [0, 0.1) is 0 Å². The molecule has 0 fully saturated rings. The second-order valence-corrected chi connectivity index (χ2v) is 3.17. The molecule has 1 rings (SSSR count). The molecule has 1 atom stereocenters. The third-order valence-electron chi connectivity index (χ3n) is 2.25. The zero-order chi connectivity index (χ0) is 9.52. The average Bonchev–Trinajstić information content (AvgIpc) is 2.21. The van der Waals surface area contributed by atoms with E-state index in [0.717, 1.165) is 32.7 Å². The smallest absolute Gasteiger partial charge is 0.0876 e. The second-order valence-electron chi connectivity index (χ2n) is 3.17. The highest BCUT2D eigenvalue weighted by atomic mass is 16.5. The molecule has 0 spiro atoms. The van der Waals surface area contributed by atoms with Gasteiger partial charge in [0.05, 0.1) is 25.5 Å². The van der Waals surface area contributed by atoms with Crippen molar-refractivity contribution in [3.8, 4) is 0 Å². The van der Waals surface area contributed by atoms with Crippen LogP contribution in [0.2, 0.25) is 0 Å². The van der Waals surface area contributed by atoms with Crippen molar-refractivity contribution in [3.05, 3.63) is 11.8 Å². The van der Waals surface area contributed by atoms with Crippen molar-refractivity contribution in [1.29, 1.82) is 0 Å². The van der Waals surface area contributed by atoms with Gasteiger partial charge in [-0.2, -0.15) is 0 Å². The minimum atomic E-state index is 0.320. The van der Waals surface area contributed by atoms with Crippen molar-refractivity contribution in [1.82, 2.24) is 5.32 Å². The van der Waals surface area contributed by atoms with Crippen LogP contribution in [0.3, 0.4) is 0 Å². The fourth-order valence-corrected chi connectivity index (χ4v) is 1.45. The molecule has 0 bridgehead atoms. The quantitative estimate of drug-likeness (QED) is 0.700. The SMILES string of the molecule is CCOCC(NC)C1=COCCC1. The van der Waals surface area contributed by atoms with Gasteiger partial charge in [0.2, 0.25) is 0 Å². The van der Waals surface area contributed by atoms with Gasteiger partial charge in [-0.05, 0) is 32.4 Å². The Morgan fingerprint density at radius 2 is 2.54 bits per heavy atom. The van der Waals surface area contributed by atoms with Crippen LogP contribution in [0.25, 0.3) is 0 Å². The topological polar surface area (TPSA) is 30.5 Å². The highest BCUT2D eigenvalue weighted by Crippen LogP contribution is 2.15. The summed E-state index contributed by atoms with van der Waals surface area (Å²) in [6, 6.07) is 0.320. The van der Waals surface area contributed by atoms with Crippen molar-refractivity contribution in [2.75, 3.05) is 26.9 Å². The van der Waals surface area contributed by atoms with Crippen LogP contribution in [-0.4, -0.2) is 32.9 Å². The number of ether oxygens (including phenoxy) is 2. The zero-order valence-electron chi connectivity index (χ0n) is 8.51. The summed E-state index contributed by atoms with van der Waals surface area (Å²) in [5.74, 6) is 0. The fraction of sp³-hybridized carbons (Fsp3) is 0.800. The van der Waals surface area contributed by atoms with Crippen LogP contribution in [0.5, 0.6) is 0 Å². The van der Waals surface area contributed by atoms with Gasteiger partial charge < -0.3 is 14.8 Å². The maximum absolute atomic E-state index is 5.38. The Labute approximate surface area is 80.1 Å². The van der Waals surface area contributed by atoms with Gasteiger partial charge >= 0.3 is 0 Å². The van der Waals surface area contributed by atoms with Crippen molar-refractivity contribution in [2.45, 2.75) is 25.8 Å². The van der Waals surface area contributed by atoms with Gasteiger partial charge in [-0.15, -0.1) is 0 Å². The number of hydrogen-bond acceptors (Lipinski definition) is 3. The van der Waals surface area contributed by atoms with Crippen molar-refractivity contribution >= 4 is 0 Å². The van der Waals surface area contributed by atoms with E-state index in [1.54, 1.807) is 0 Å². The highest BCUT2D eigenvalue weighted by Gasteiger charge is 2.14. The lowest BCUT2D eigenvalue weighted by molar-refractivity contribution is 0.127. The molecule has 3 heteroatoms. The molecule has 0 saturated heterocycles. The van der Waals surface area contributed by atoms with Crippen LogP contribution in [0.4, 0.5) is 0 Å². The molecule has 0 aromatic carbocycles. The molecule has 1 N–H and O–H groups in total. The molecule has 0 radical (unpaired) electrons. The van der Waals surface area contributed by atoms with Crippen LogP contribution < -0.4 is 5.32 Å². The average molecular weight is 185 g/mol. The molecule has 13 heavy (non-hydrogen) atoms. The van der Waals surface area contributed by atoms with E-state index in [1.807, 2.05) is 20.2 Å². The largest absolute Gasteiger partial charge is 0.501 e. The Balaban J connectivity index is 2.39. The van der Waals surface area contributed by atoms with Gasteiger partial charge in [-0.1, -0.05) is 0 Å². The normalized spacial score (nSPS) is 19.1. The predicted molar refractivity (Wildman–Crippen MR) is 52.6 cm³/mol. The first-order valence-electron chi connectivity index (χ1n) is 4.94. The summed E-state index contributed by atoms with van der Waals surface area (Å²) in [7, 11) is 1.96. The van der Waals surface area contributed by atoms with E-state index in [0.29, 0.717) is 6.04 Å². The molecule has 0 aromatic heterocycles.